The highest BCUT2D eigenvalue weighted by atomic mass is 14.0. The molecule has 0 saturated heterocycles. The van der Waals surface area contributed by atoms with Crippen LogP contribution >= 0.6 is 0 Å². The molecule has 0 aliphatic rings. The standard InChI is InChI=1S/C20H20/c1-3-5-6-18-11-13-20(14-12-18)16-15-19-9-7-17(4-2)8-10-19/h4,7-14H,2-3,5-6H2,1H3. The zero-order chi connectivity index (χ0) is 14.2. The minimum Gasteiger partial charge on any atom is -0.0985 e. The van der Waals surface area contributed by atoms with Gasteiger partial charge in [0.1, 0.15) is 0 Å². The van der Waals surface area contributed by atoms with Gasteiger partial charge in [-0.15, -0.1) is 0 Å². The first-order valence-electron chi connectivity index (χ1n) is 7.15. The highest BCUT2D eigenvalue weighted by molar-refractivity contribution is 5.50. The summed E-state index contributed by atoms with van der Waals surface area (Å²) in [6.07, 6.45) is 5.49. The maximum Gasteiger partial charge on any atom is 0.0249 e. The minimum atomic E-state index is 1.03. The maximum absolute atomic E-state index is 3.75. The molecule has 0 aliphatic carbocycles. The number of benzene rings is 2. The third-order valence-electron chi connectivity index (χ3n) is 3.27. The Labute approximate surface area is 122 Å². The van der Waals surface area contributed by atoms with E-state index in [0.717, 1.165) is 23.1 Å². The molecule has 0 fully saturated rings. The van der Waals surface area contributed by atoms with Gasteiger partial charge < -0.3 is 0 Å². The van der Waals surface area contributed by atoms with Crippen molar-refractivity contribution in [2.45, 2.75) is 26.2 Å². The normalized spacial score (nSPS) is 9.65. The summed E-state index contributed by atoms with van der Waals surface area (Å²) >= 11 is 0. The number of rotatable bonds is 4. The second kappa shape index (κ2) is 7.36. The van der Waals surface area contributed by atoms with Crippen molar-refractivity contribution < 1.29 is 0 Å². The van der Waals surface area contributed by atoms with E-state index in [1.165, 1.54) is 18.4 Å². The Morgan fingerprint density at radius 1 is 0.900 bits per heavy atom. The lowest BCUT2D eigenvalue weighted by molar-refractivity contribution is 0.795. The Morgan fingerprint density at radius 3 is 1.95 bits per heavy atom. The van der Waals surface area contributed by atoms with Crippen LogP contribution < -0.4 is 0 Å². The van der Waals surface area contributed by atoms with Crippen molar-refractivity contribution in [3.8, 4) is 11.8 Å². The summed E-state index contributed by atoms with van der Waals surface area (Å²) in [7, 11) is 0. The van der Waals surface area contributed by atoms with Crippen LogP contribution in [0.3, 0.4) is 0 Å². The van der Waals surface area contributed by atoms with Gasteiger partial charge in [0.05, 0.1) is 0 Å². The van der Waals surface area contributed by atoms with Gasteiger partial charge in [-0.25, -0.2) is 0 Å². The molecule has 0 aromatic heterocycles. The third kappa shape index (κ3) is 4.14. The molecule has 100 valence electrons. The lowest BCUT2D eigenvalue weighted by atomic mass is 10.1. The first-order valence-corrected chi connectivity index (χ1v) is 7.15. The topological polar surface area (TPSA) is 0 Å². The molecule has 2 rings (SSSR count). The Hall–Kier alpha value is -2.26. The van der Waals surface area contributed by atoms with E-state index in [9.17, 15) is 0 Å². The lowest BCUT2D eigenvalue weighted by Gasteiger charge is -1.99. The van der Waals surface area contributed by atoms with Crippen molar-refractivity contribution in [3.05, 3.63) is 77.4 Å². The number of aryl methyl sites for hydroxylation is 1. The van der Waals surface area contributed by atoms with Crippen molar-refractivity contribution in [2.75, 3.05) is 0 Å². The highest BCUT2D eigenvalue weighted by Crippen LogP contribution is 2.08. The molecule has 0 aliphatic heterocycles. The summed E-state index contributed by atoms with van der Waals surface area (Å²) in [5.41, 5.74) is 4.62. The van der Waals surface area contributed by atoms with Gasteiger partial charge in [-0.2, -0.15) is 0 Å². The van der Waals surface area contributed by atoms with Crippen molar-refractivity contribution in [1.29, 1.82) is 0 Å². The molecular formula is C20H20. The van der Waals surface area contributed by atoms with Crippen LogP contribution in [0.1, 0.15) is 42.0 Å². The number of hydrogen-bond donors (Lipinski definition) is 0. The van der Waals surface area contributed by atoms with Crippen LogP contribution in [-0.2, 0) is 6.42 Å². The molecule has 0 bridgehead atoms. The summed E-state index contributed by atoms with van der Waals surface area (Å²) in [6.45, 7) is 5.97. The smallest absolute Gasteiger partial charge is 0.0249 e. The van der Waals surface area contributed by atoms with Crippen LogP contribution in [0.5, 0.6) is 0 Å². The van der Waals surface area contributed by atoms with Gasteiger partial charge in [-0.3, -0.25) is 0 Å². The monoisotopic (exact) mass is 260 g/mol. The van der Waals surface area contributed by atoms with E-state index >= 15 is 0 Å². The molecule has 2 aromatic carbocycles. The lowest BCUT2D eigenvalue weighted by Crippen LogP contribution is -1.84. The van der Waals surface area contributed by atoms with Gasteiger partial charge in [0, 0.05) is 11.1 Å². The van der Waals surface area contributed by atoms with E-state index in [0.29, 0.717) is 0 Å². The van der Waals surface area contributed by atoms with E-state index in [1.807, 2.05) is 30.3 Å². The zero-order valence-corrected chi connectivity index (χ0v) is 12.0. The molecule has 0 saturated carbocycles. The maximum atomic E-state index is 3.75. The predicted octanol–water partition coefficient (Wildman–Crippen LogP) is 5.07. The molecule has 0 spiro atoms. The molecule has 0 atom stereocenters. The van der Waals surface area contributed by atoms with E-state index in [1.54, 1.807) is 0 Å². The predicted molar refractivity (Wildman–Crippen MR) is 87.6 cm³/mol. The fourth-order valence-corrected chi connectivity index (χ4v) is 1.98. The first-order chi connectivity index (χ1) is 9.81. The molecule has 0 heterocycles. The average Bonchev–Trinajstić information content (AvgIpc) is 2.52. The Bertz CT molecular complexity index is 604. The molecule has 0 unspecified atom stereocenters. The van der Waals surface area contributed by atoms with Crippen molar-refractivity contribution in [3.63, 3.8) is 0 Å². The summed E-state index contributed by atoms with van der Waals surface area (Å²) in [5.74, 6) is 6.40. The van der Waals surface area contributed by atoms with Crippen LogP contribution in [-0.4, -0.2) is 0 Å². The summed E-state index contributed by atoms with van der Waals surface area (Å²) in [5, 5.41) is 0. The summed E-state index contributed by atoms with van der Waals surface area (Å²) in [6, 6.07) is 16.7. The van der Waals surface area contributed by atoms with Crippen LogP contribution in [0.4, 0.5) is 0 Å². The summed E-state index contributed by atoms with van der Waals surface area (Å²) < 4.78 is 0. The van der Waals surface area contributed by atoms with Gasteiger partial charge in [0.15, 0.2) is 0 Å². The first kappa shape index (κ1) is 14.2. The fourth-order valence-electron chi connectivity index (χ4n) is 1.98. The van der Waals surface area contributed by atoms with E-state index < -0.39 is 0 Å². The molecule has 0 radical (unpaired) electrons. The van der Waals surface area contributed by atoms with Gasteiger partial charge in [0.25, 0.3) is 0 Å². The molecule has 0 nitrogen and oxygen atoms in total. The third-order valence-corrected chi connectivity index (χ3v) is 3.27. The number of hydrogen-bond acceptors (Lipinski definition) is 0. The SMILES string of the molecule is C=Cc1ccc(C#Cc2ccc(CCCC)cc2)cc1. The van der Waals surface area contributed by atoms with Gasteiger partial charge in [0.2, 0.25) is 0 Å². The Balaban J connectivity index is 2.05. The van der Waals surface area contributed by atoms with Crippen LogP contribution in [0.2, 0.25) is 0 Å². The van der Waals surface area contributed by atoms with E-state index in [2.05, 4.69) is 49.6 Å². The molecule has 2 aromatic rings. The van der Waals surface area contributed by atoms with Gasteiger partial charge in [-0.05, 0) is 48.2 Å². The van der Waals surface area contributed by atoms with Gasteiger partial charge in [-0.1, -0.05) is 62.1 Å². The molecule has 0 heteroatoms. The number of unbranched alkanes of at least 4 members (excludes halogenated alkanes) is 1. The molecule has 0 amide bonds. The largest absolute Gasteiger partial charge is 0.0985 e. The van der Waals surface area contributed by atoms with E-state index in [4.69, 9.17) is 0 Å². The highest BCUT2D eigenvalue weighted by Gasteiger charge is 1.92. The second-order valence-electron chi connectivity index (χ2n) is 4.88. The van der Waals surface area contributed by atoms with Crippen molar-refractivity contribution in [1.82, 2.24) is 0 Å². The zero-order valence-electron chi connectivity index (χ0n) is 12.0. The molecule has 20 heavy (non-hydrogen) atoms. The second-order valence-corrected chi connectivity index (χ2v) is 4.88. The Kier molecular flexibility index (Phi) is 5.21. The summed E-state index contributed by atoms with van der Waals surface area (Å²) in [4.78, 5) is 0. The minimum absolute atomic E-state index is 1.03. The quantitative estimate of drug-likeness (QED) is 0.673. The van der Waals surface area contributed by atoms with Crippen molar-refractivity contribution in [2.24, 2.45) is 0 Å². The van der Waals surface area contributed by atoms with Crippen LogP contribution in [0, 0.1) is 11.8 Å². The van der Waals surface area contributed by atoms with Crippen molar-refractivity contribution >= 4 is 6.08 Å². The van der Waals surface area contributed by atoms with Crippen LogP contribution in [0.15, 0.2) is 55.1 Å². The fraction of sp³-hybridized carbons (Fsp3) is 0.200. The Morgan fingerprint density at radius 2 is 1.45 bits per heavy atom. The molecular weight excluding hydrogens is 240 g/mol. The molecule has 0 N–H and O–H groups in total. The average molecular weight is 260 g/mol. The van der Waals surface area contributed by atoms with Crippen LogP contribution in [0.25, 0.3) is 6.08 Å². The van der Waals surface area contributed by atoms with Gasteiger partial charge >= 0.3 is 0 Å². The van der Waals surface area contributed by atoms with E-state index in [-0.39, 0.29) is 0 Å².